The number of benzene rings is 2. The second-order valence-corrected chi connectivity index (χ2v) is 6.90. The lowest BCUT2D eigenvalue weighted by atomic mass is 10.1. The molecule has 0 aliphatic rings. The van der Waals surface area contributed by atoms with Gasteiger partial charge in [0.05, 0.1) is 5.69 Å². The van der Waals surface area contributed by atoms with Crippen LogP contribution in [0.15, 0.2) is 48.5 Å². The predicted molar refractivity (Wildman–Crippen MR) is 103 cm³/mol. The molecule has 0 unspecified atom stereocenters. The normalized spacial score (nSPS) is 10.5. The van der Waals surface area contributed by atoms with Gasteiger partial charge in [-0.05, 0) is 43.2 Å². The van der Waals surface area contributed by atoms with E-state index in [2.05, 4.69) is 22.8 Å². The molecule has 5 nitrogen and oxygen atoms in total. The van der Waals surface area contributed by atoms with Crippen molar-refractivity contribution in [3.63, 3.8) is 0 Å². The van der Waals surface area contributed by atoms with Crippen LogP contribution in [0, 0.1) is 12.7 Å². The van der Waals surface area contributed by atoms with Crippen molar-refractivity contribution < 1.29 is 14.0 Å². The van der Waals surface area contributed by atoms with E-state index in [1.54, 1.807) is 6.92 Å². The number of nitrogens with zero attached hydrogens (tertiary/aromatic N) is 1. The minimum Gasteiger partial charge on any atom is -0.267 e. The number of hydrogen-bond donors (Lipinski definition) is 2. The molecule has 0 aliphatic heterocycles. The lowest BCUT2D eigenvalue weighted by Gasteiger charge is -2.06. The Bertz CT molecular complexity index is 966. The Morgan fingerprint density at radius 3 is 2.26 bits per heavy atom. The van der Waals surface area contributed by atoms with Gasteiger partial charge in [-0.25, -0.2) is 9.37 Å². The molecule has 3 aromatic rings. The van der Waals surface area contributed by atoms with Gasteiger partial charge in [-0.2, -0.15) is 0 Å². The number of amides is 2. The molecule has 0 saturated carbocycles. The van der Waals surface area contributed by atoms with Crippen molar-refractivity contribution in [3.8, 4) is 10.6 Å². The predicted octanol–water partition coefficient (Wildman–Crippen LogP) is 3.89. The van der Waals surface area contributed by atoms with E-state index >= 15 is 0 Å². The maximum Gasteiger partial charge on any atom is 0.281 e. The Kier molecular flexibility index (Phi) is 5.61. The fraction of sp³-hybridized carbons (Fsp3) is 0.150. The molecule has 1 aromatic heterocycles. The first-order valence-electron chi connectivity index (χ1n) is 8.41. The molecule has 0 saturated heterocycles. The number of thiazole rings is 1. The van der Waals surface area contributed by atoms with Gasteiger partial charge >= 0.3 is 0 Å². The van der Waals surface area contributed by atoms with Crippen molar-refractivity contribution in [2.45, 2.75) is 20.3 Å². The summed E-state index contributed by atoms with van der Waals surface area (Å²) in [5.41, 5.74) is 7.70. The number of carbonyl (C=O) groups excluding carboxylic acids is 2. The number of halogens is 1. The molecule has 3 rings (SSSR count). The Hall–Kier alpha value is -3.06. The lowest BCUT2D eigenvalue weighted by Crippen LogP contribution is -2.41. The number of hydrazine groups is 1. The van der Waals surface area contributed by atoms with Crippen molar-refractivity contribution in [2.24, 2.45) is 0 Å². The SMILES string of the molecule is CCc1ccc(-c2nc(C)c(C(=O)NNC(=O)c3ccc(F)cc3)s2)cc1. The highest BCUT2D eigenvalue weighted by atomic mass is 32.1. The van der Waals surface area contributed by atoms with Gasteiger partial charge in [0.1, 0.15) is 15.7 Å². The third-order valence-corrected chi connectivity index (χ3v) is 5.21. The van der Waals surface area contributed by atoms with Gasteiger partial charge in [0.2, 0.25) is 0 Å². The second-order valence-electron chi connectivity index (χ2n) is 5.90. The zero-order valence-corrected chi connectivity index (χ0v) is 15.7. The minimum absolute atomic E-state index is 0.245. The first kappa shape index (κ1) is 18.7. The van der Waals surface area contributed by atoms with Gasteiger partial charge in [0.25, 0.3) is 11.8 Å². The number of rotatable bonds is 4. The molecule has 0 aliphatic carbocycles. The Morgan fingerprint density at radius 1 is 1.00 bits per heavy atom. The van der Waals surface area contributed by atoms with E-state index in [-0.39, 0.29) is 5.56 Å². The van der Waals surface area contributed by atoms with E-state index in [0.29, 0.717) is 10.6 Å². The van der Waals surface area contributed by atoms with Gasteiger partial charge in [0.15, 0.2) is 0 Å². The van der Waals surface area contributed by atoms with Gasteiger partial charge in [-0.1, -0.05) is 31.2 Å². The van der Waals surface area contributed by atoms with E-state index < -0.39 is 17.6 Å². The third kappa shape index (κ3) is 4.38. The maximum atomic E-state index is 12.9. The molecular formula is C20H18FN3O2S. The number of aryl methyl sites for hydroxylation is 2. The number of carbonyl (C=O) groups is 2. The van der Waals surface area contributed by atoms with Crippen LogP contribution < -0.4 is 10.9 Å². The molecule has 2 N–H and O–H groups in total. The number of hydrogen-bond acceptors (Lipinski definition) is 4. The van der Waals surface area contributed by atoms with Crippen LogP contribution in [-0.2, 0) is 6.42 Å². The van der Waals surface area contributed by atoms with Crippen molar-refractivity contribution in [2.75, 3.05) is 0 Å². The zero-order chi connectivity index (χ0) is 19.4. The maximum absolute atomic E-state index is 12.9. The average Bonchev–Trinajstić information content (AvgIpc) is 3.08. The molecule has 27 heavy (non-hydrogen) atoms. The summed E-state index contributed by atoms with van der Waals surface area (Å²) >= 11 is 1.26. The zero-order valence-electron chi connectivity index (χ0n) is 14.9. The Balaban J connectivity index is 1.68. The summed E-state index contributed by atoms with van der Waals surface area (Å²) in [7, 11) is 0. The molecule has 0 fully saturated rings. The largest absolute Gasteiger partial charge is 0.281 e. The summed E-state index contributed by atoms with van der Waals surface area (Å²) < 4.78 is 12.9. The molecule has 1 heterocycles. The van der Waals surface area contributed by atoms with Crippen LogP contribution in [0.5, 0.6) is 0 Å². The molecule has 2 aromatic carbocycles. The quantitative estimate of drug-likeness (QED) is 0.672. The second kappa shape index (κ2) is 8.09. The van der Waals surface area contributed by atoms with E-state index in [0.717, 1.165) is 17.0 Å². The van der Waals surface area contributed by atoms with E-state index in [1.165, 1.54) is 41.2 Å². The number of aromatic nitrogens is 1. The fourth-order valence-electron chi connectivity index (χ4n) is 2.46. The van der Waals surface area contributed by atoms with E-state index in [1.807, 2.05) is 24.3 Å². The summed E-state index contributed by atoms with van der Waals surface area (Å²) in [5, 5.41) is 0.741. The smallest absolute Gasteiger partial charge is 0.267 e. The van der Waals surface area contributed by atoms with Crippen molar-refractivity contribution in [1.82, 2.24) is 15.8 Å². The summed E-state index contributed by atoms with van der Waals surface area (Å²) in [6.45, 7) is 3.84. The standard InChI is InChI=1S/C20H18FN3O2S/c1-3-13-4-6-15(7-5-13)20-22-12(2)17(27-20)19(26)24-23-18(25)14-8-10-16(21)11-9-14/h4-11H,3H2,1-2H3,(H,23,25)(H,24,26). The molecule has 0 bridgehead atoms. The van der Waals surface area contributed by atoms with Crippen molar-refractivity contribution in [3.05, 3.63) is 76.0 Å². The molecule has 2 amide bonds. The highest BCUT2D eigenvalue weighted by Gasteiger charge is 2.17. The van der Waals surface area contributed by atoms with Crippen molar-refractivity contribution >= 4 is 23.2 Å². The van der Waals surface area contributed by atoms with Crippen LogP contribution in [0.2, 0.25) is 0 Å². The molecule has 0 spiro atoms. The van der Waals surface area contributed by atoms with E-state index in [9.17, 15) is 14.0 Å². The minimum atomic E-state index is -0.527. The average molecular weight is 383 g/mol. The molecule has 7 heteroatoms. The van der Waals surface area contributed by atoms with Crippen LogP contribution in [0.25, 0.3) is 10.6 Å². The Morgan fingerprint density at radius 2 is 1.63 bits per heavy atom. The number of nitrogens with one attached hydrogen (secondary N) is 2. The summed E-state index contributed by atoms with van der Waals surface area (Å²) in [4.78, 5) is 29.3. The highest BCUT2D eigenvalue weighted by Crippen LogP contribution is 2.28. The summed E-state index contributed by atoms with van der Waals surface area (Å²) in [6, 6.07) is 13.1. The Labute approximate surface area is 160 Å². The van der Waals surface area contributed by atoms with Gasteiger partial charge in [0, 0.05) is 11.1 Å². The lowest BCUT2D eigenvalue weighted by molar-refractivity contribution is 0.0848. The molecule has 0 atom stereocenters. The van der Waals surface area contributed by atoms with Crippen LogP contribution in [0.3, 0.4) is 0 Å². The van der Waals surface area contributed by atoms with Gasteiger partial charge in [-0.3, -0.25) is 20.4 Å². The van der Waals surface area contributed by atoms with Crippen molar-refractivity contribution in [1.29, 1.82) is 0 Å². The van der Waals surface area contributed by atoms with Crippen LogP contribution in [-0.4, -0.2) is 16.8 Å². The molecule has 0 radical (unpaired) electrons. The van der Waals surface area contributed by atoms with Gasteiger partial charge in [-0.15, -0.1) is 11.3 Å². The highest BCUT2D eigenvalue weighted by molar-refractivity contribution is 7.17. The van der Waals surface area contributed by atoms with Crippen LogP contribution in [0.4, 0.5) is 4.39 Å². The van der Waals surface area contributed by atoms with Crippen LogP contribution in [0.1, 0.15) is 38.2 Å². The first-order chi connectivity index (χ1) is 13.0. The fourth-order valence-corrected chi connectivity index (χ4v) is 3.42. The monoisotopic (exact) mass is 383 g/mol. The molecular weight excluding hydrogens is 365 g/mol. The topological polar surface area (TPSA) is 71.1 Å². The van der Waals surface area contributed by atoms with E-state index in [4.69, 9.17) is 0 Å². The first-order valence-corrected chi connectivity index (χ1v) is 9.22. The summed E-state index contributed by atoms with van der Waals surface area (Å²) in [5.74, 6) is -1.41. The summed E-state index contributed by atoms with van der Waals surface area (Å²) in [6.07, 6.45) is 0.957. The van der Waals surface area contributed by atoms with Gasteiger partial charge < -0.3 is 0 Å². The van der Waals surface area contributed by atoms with Crippen LogP contribution >= 0.6 is 11.3 Å². The third-order valence-electron chi connectivity index (χ3n) is 4.01. The molecule has 138 valence electrons.